The van der Waals surface area contributed by atoms with Gasteiger partial charge in [0.05, 0.1) is 7.11 Å². The number of nitrogens with zero attached hydrogens (tertiary/aromatic N) is 1. The summed E-state index contributed by atoms with van der Waals surface area (Å²) in [6, 6.07) is 4.57. The first-order valence-corrected chi connectivity index (χ1v) is 7.90. The summed E-state index contributed by atoms with van der Waals surface area (Å²) < 4.78 is 37.2. The van der Waals surface area contributed by atoms with Gasteiger partial charge in [-0.25, -0.2) is 8.42 Å². The number of benzene rings is 1. The van der Waals surface area contributed by atoms with E-state index in [9.17, 15) is 8.42 Å². The highest BCUT2D eigenvalue weighted by atomic mass is 32.2. The van der Waals surface area contributed by atoms with E-state index in [0.29, 0.717) is 37.5 Å². The van der Waals surface area contributed by atoms with E-state index in [1.165, 1.54) is 17.5 Å². The van der Waals surface area contributed by atoms with Crippen LogP contribution in [0.15, 0.2) is 23.1 Å². The van der Waals surface area contributed by atoms with E-state index in [1.54, 1.807) is 19.2 Å². The van der Waals surface area contributed by atoms with Crippen LogP contribution in [-0.2, 0) is 14.8 Å². The highest BCUT2D eigenvalue weighted by Crippen LogP contribution is 2.30. The average Bonchev–Trinajstić information content (AvgIpc) is 2.47. The van der Waals surface area contributed by atoms with E-state index in [-0.39, 0.29) is 10.9 Å². The van der Waals surface area contributed by atoms with E-state index in [1.807, 2.05) is 0 Å². The van der Waals surface area contributed by atoms with Crippen LogP contribution in [0.4, 0.5) is 5.69 Å². The molecule has 112 valence electrons. The zero-order valence-electron chi connectivity index (χ0n) is 11.7. The molecule has 1 saturated heterocycles. The summed E-state index contributed by atoms with van der Waals surface area (Å²) in [7, 11) is -0.596. The molecule has 6 nitrogen and oxygen atoms in total. The number of methoxy groups -OCH3 is 1. The Hall–Kier alpha value is -1.31. The second-order valence-corrected chi connectivity index (χ2v) is 6.74. The molecule has 0 atom stereocenters. The second-order valence-electron chi connectivity index (χ2n) is 4.78. The first kappa shape index (κ1) is 15.1. The van der Waals surface area contributed by atoms with Gasteiger partial charge in [-0.2, -0.15) is 4.31 Å². The van der Waals surface area contributed by atoms with Crippen molar-refractivity contribution in [1.82, 2.24) is 4.31 Å². The van der Waals surface area contributed by atoms with Crippen molar-refractivity contribution in [3.63, 3.8) is 0 Å². The molecule has 7 heteroatoms. The number of ether oxygens (including phenoxy) is 2. The monoisotopic (exact) mass is 300 g/mol. The van der Waals surface area contributed by atoms with Crippen LogP contribution in [-0.4, -0.2) is 46.1 Å². The van der Waals surface area contributed by atoms with Crippen molar-refractivity contribution in [2.75, 3.05) is 33.1 Å². The first-order valence-electron chi connectivity index (χ1n) is 6.46. The van der Waals surface area contributed by atoms with E-state index in [4.69, 9.17) is 15.2 Å². The minimum Gasteiger partial charge on any atom is -0.495 e. The van der Waals surface area contributed by atoms with E-state index in [0.717, 1.165) is 0 Å². The number of nitrogen functional groups attached to an aromatic ring is 1. The maximum atomic E-state index is 12.7. The Morgan fingerprint density at radius 1 is 1.35 bits per heavy atom. The molecular formula is C13H20N2O4S. The normalized spacial score (nSPS) is 17.4. The summed E-state index contributed by atoms with van der Waals surface area (Å²) in [6.07, 6.45) is 1.39. The largest absolute Gasteiger partial charge is 0.495 e. The van der Waals surface area contributed by atoms with E-state index in [2.05, 4.69) is 0 Å². The molecule has 0 radical (unpaired) electrons. The molecule has 1 aliphatic rings. The number of rotatable bonds is 4. The lowest BCUT2D eigenvalue weighted by Gasteiger charge is -2.30. The standard InChI is InChI=1S/C13H20N2O4S/c1-15(11-5-7-19-8-6-11)20(16,17)13-9-10(14)3-4-12(13)18-2/h3-4,9,11H,5-8,14H2,1-2H3. The molecule has 2 rings (SSSR count). The Kier molecular flexibility index (Phi) is 4.52. The molecule has 1 heterocycles. The lowest BCUT2D eigenvalue weighted by atomic mass is 10.1. The lowest BCUT2D eigenvalue weighted by Crippen LogP contribution is -2.40. The molecule has 0 spiro atoms. The number of nitrogens with two attached hydrogens (primary N) is 1. The quantitative estimate of drug-likeness (QED) is 0.841. The van der Waals surface area contributed by atoms with Crippen LogP contribution in [0.3, 0.4) is 0 Å². The molecular weight excluding hydrogens is 280 g/mol. The molecule has 20 heavy (non-hydrogen) atoms. The smallest absolute Gasteiger partial charge is 0.246 e. The van der Waals surface area contributed by atoms with Crippen LogP contribution in [0, 0.1) is 0 Å². The maximum absolute atomic E-state index is 12.7. The number of sulfonamides is 1. The Morgan fingerprint density at radius 2 is 2.00 bits per heavy atom. The van der Waals surface area contributed by atoms with Gasteiger partial charge < -0.3 is 15.2 Å². The molecule has 0 aliphatic carbocycles. The van der Waals surface area contributed by atoms with Crippen LogP contribution in [0.5, 0.6) is 5.75 Å². The maximum Gasteiger partial charge on any atom is 0.246 e. The molecule has 2 N–H and O–H groups in total. The first-order chi connectivity index (χ1) is 9.46. The van der Waals surface area contributed by atoms with Gasteiger partial charge in [-0.05, 0) is 31.0 Å². The molecule has 0 aromatic heterocycles. The van der Waals surface area contributed by atoms with Gasteiger partial charge in [0.2, 0.25) is 10.0 Å². The third kappa shape index (κ3) is 2.89. The van der Waals surface area contributed by atoms with Gasteiger partial charge in [-0.15, -0.1) is 0 Å². The third-order valence-corrected chi connectivity index (χ3v) is 5.48. The zero-order valence-corrected chi connectivity index (χ0v) is 12.5. The Morgan fingerprint density at radius 3 is 2.60 bits per heavy atom. The summed E-state index contributed by atoms with van der Waals surface area (Å²) in [6.45, 7) is 1.16. The van der Waals surface area contributed by atoms with Crippen molar-refractivity contribution in [2.24, 2.45) is 0 Å². The van der Waals surface area contributed by atoms with E-state index < -0.39 is 10.0 Å². The van der Waals surface area contributed by atoms with Crippen molar-refractivity contribution in [1.29, 1.82) is 0 Å². The van der Waals surface area contributed by atoms with Gasteiger partial charge >= 0.3 is 0 Å². The molecule has 0 unspecified atom stereocenters. The summed E-state index contributed by atoms with van der Waals surface area (Å²) in [5.41, 5.74) is 6.09. The molecule has 1 aliphatic heterocycles. The van der Waals surface area contributed by atoms with Gasteiger partial charge in [0, 0.05) is 32.0 Å². The van der Waals surface area contributed by atoms with Crippen LogP contribution < -0.4 is 10.5 Å². The van der Waals surface area contributed by atoms with Crippen molar-refractivity contribution in [3.8, 4) is 5.75 Å². The lowest BCUT2D eigenvalue weighted by molar-refractivity contribution is 0.0632. The van der Waals surface area contributed by atoms with Gasteiger partial charge in [0.1, 0.15) is 10.6 Å². The minimum absolute atomic E-state index is 0.0557. The van der Waals surface area contributed by atoms with Gasteiger partial charge in [-0.1, -0.05) is 0 Å². The Balaban J connectivity index is 2.36. The number of hydrogen-bond acceptors (Lipinski definition) is 5. The summed E-state index contributed by atoms with van der Waals surface area (Å²) >= 11 is 0. The summed E-state index contributed by atoms with van der Waals surface area (Å²) in [5, 5.41) is 0. The number of hydrogen-bond donors (Lipinski definition) is 1. The highest BCUT2D eigenvalue weighted by molar-refractivity contribution is 7.89. The Labute approximate surface area is 119 Å². The van der Waals surface area contributed by atoms with Crippen LogP contribution in [0.25, 0.3) is 0 Å². The summed E-state index contributed by atoms with van der Waals surface area (Å²) in [4.78, 5) is 0.106. The van der Waals surface area contributed by atoms with Crippen LogP contribution in [0.2, 0.25) is 0 Å². The van der Waals surface area contributed by atoms with Crippen molar-refractivity contribution in [2.45, 2.75) is 23.8 Å². The van der Waals surface area contributed by atoms with Crippen molar-refractivity contribution in [3.05, 3.63) is 18.2 Å². The molecule has 1 fully saturated rings. The molecule has 0 saturated carbocycles. The van der Waals surface area contributed by atoms with Gasteiger partial charge in [-0.3, -0.25) is 0 Å². The van der Waals surface area contributed by atoms with Crippen molar-refractivity contribution >= 4 is 15.7 Å². The predicted molar refractivity (Wildman–Crippen MR) is 76.2 cm³/mol. The minimum atomic E-state index is -3.63. The van der Waals surface area contributed by atoms with Crippen LogP contribution in [0.1, 0.15) is 12.8 Å². The fourth-order valence-corrected chi connectivity index (χ4v) is 3.90. The fourth-order valence-electron chi connectivity index (χ4n) is 2.30. The zero-order chi connectivity index (χ0) is 14.8. The SMILES string of the molecule is COc1ccc(N)cc1S(=O)(=O)N(C)C1CCOCC1. The molecule has 1 aromatic rings. The van der Waals surface area contributed by atoms with Gasteiger partial charge in [0.15, 0.2) is 0 Å². The highest BCUT2D eigenvalue weighted by Gasteiger charge is 2.31. The molecule has 0 bridgehead atoms. The van der Waals surface area contributed by atoms with E-state index >= 15 is 0 Å². The van der Waals surface area contributed by atoms with Crippen molar-refractivity contribution < 1.29 is 17.9 Å². The fraction of sp³-hybridized carbons (Fsp3) is 0.538. The number of anilines is 1. The molecule has 1 aromatic carbocycles. The average molecular weight is 300 g/mol. The van der Waals surface area contributed by atoms with Crippen LogP contribution >= 0.6 is 0 Å². The topological polar surface area (TPSA) is 81.9 Å². The van der Waals surface area contributed by atoms with Gasteiger partial charge in [0.25, 0.3) is 0 Å². The Bertz CT molecular complexity index is 568. The predicted octanol–water partition coefficient (Wildman–Crippen LogP) is 1.08. The summed E-state index contributed by atoms with van der Waals surface area (Å²) in [5.74, 6) is 0.304. The second kappa shape index (κ2) is 5.99. The molecule has 0 amide bonds. The third-order valence-electron chi connectivity index (χ3n) is 3.55.